The summed E-state index contributed by atoms with van der Waals surface area (Å²) in [6.45, 7) is 4.44. The monoisotopic (exact) mass is 508 g/mol. The summed E-state index contributed by atoms with van der Waals surface area (Å²) in [6, 6.07) is 8.94. The maximum atomic E-state index is 12.9. The van der Waals surface area contributed by atoms with E-state index in [-0.39, 0.29) is 32.5 Å². The molecule has 2 aromatic rings. The maximum Gasteiger partial charge on any atom is 0.426 e. The molecule has 182 valence electrons. The standard InChI is InChI=1S/C21H24ClF3N2O5S/c1-19(2,12-28)11-26-13-4-6-14(7-5-13)33(31,32)15-8-9-17(16(22)10-15)27-18(29)20(3,30)21(23,24)25/h4-10,26,28,30H,11-12H2,1-3H3,(H,27,29)/t20-/m1/s1. The fourth-order valence-electron chi connectivity index (χ4n) is 2.42. The molecule has 0 unspecified atom stereocenters. The van der Waals surface area contributed by atoms with Gasteiger partial charge < -0.3 is 20.8 Å². The summed E-state index contributed by atoms with van der Waals surface area (Å²) in [5, 5.41) is 23.3. The van der Waals surface area contributed by atoms with E-state index in [0.717, 1.165) is 18.2 Å². The number of aliphatic hydroxyl groups excluding tert-OH is 1. The molecule has 7 nitrogen and oxygen atoms in total. The molecule has 0 spiro atoms. The first-order chi connectivity index (χ1) is 15.0. The third-order valence-electron chi connectivity index (χ3n) is 4.86. The molecule has 0 saturated heterocycles. The van der Waals surface area contributed by atoms with Crippen molar-refractivity contribution in [2.45, 2.75) is 42.3 Å². The normalized spacial score (nSPS) is 14.5. The first-order valence-corrected chi connectivity index (χ1v) is 11.5. The summed E-state index contributed by atoms with van der Waals surface area (Å²) in [7, 11) is -4.02. The van der Waals surface area contributed by atoms with Crippen LogP contribution in [-0.2, 0) is 14.6 Å². The van der Waals surface area contributed by atoms with Gasteiger partial charge in [-0.05, 0) is 49.4 Å². The van der Waals surface area contributed by atoms with Gasteiger partial charge in [0, 0.05) is 24.3 Å². The minimum atomic E-state index is -5.22. The second-order valence-electron chi connectivity index (χ2n) is 8.37. The molecule has 0 heterocycles. The Labute approximate surface area is 194 Å². The molecule has 1 amide bonds. The van der Waals surface area contributed by atoms with Crippen LogP contribution in [0, 0.1) is 5.41 Å². The van der Waals surface area contributed by atoms with E-state index in [1.807, 2.05) is 19.2 Å². The van der Waals surface area contributed by atoms with Gasteiger partial charge >= 0.3 is 6.18 Å². The van der Waals surface area contributed by atoms with Gasteiger partial charge in [-0.1, -0.05) is 25.4 Å². The number of carbonyl (C=O) groups is 1. The number of alkyl halides is 3. The molecule has 0 radical (unpaired) electrons. The second kappa shape index (κ2) is 9.49. The molecular formula is C21H24ClF3N2O5S. The number of benzene rings is 2. The Morgan fingerprint density at radius 2 is 1.58 bits per heavy atom. The third kappa shape index (κ3) is 6.17. The summed E-state index contributed by atoms with van der Waals surface area (Å²) in [5.41, 5.74) is -3.69. The Morgan fingerprint density at radius 3 is 2.06 bits per heavy atom. The Hall–Kier alpha value is -2.34. The number of halogens is 4. The van der Waals surface area contributed by atoms with Crippen molar-refractivity contribution in [1.82, 2.24) is 0 Å². The largest absolute Gasteiger partial charge is 0.426 e. The van der Waals surface area contributed by atoms with Crippen LogP contribution in [0.3, 0.4) is 0 Å². The molecule has 0 aliphatic rings. The zero-order valence-corrected chi connectivity index (χ0v) is 19.6. The summed E-state index contributed by atoms with van der Waals surface area (Å²) in [4.78, 5) is 11.5. The smallest absolute Gasteiger partial charge is 0.396 e. The van der Waals surface area contributed by atoms with Crippen molar-refractivity contribution in [3.63, 3.8) is 0 Å². The zero-order valence-electron chi connectivity index (χ0n) is 18.0. The third-order valence-corrected chi connectivity index (χ3v) is 6.94. The van der Waals surface area contributed by atoms with Crippen LogP contribution in [0.5, 0.6) is 0 Å². The molecule has 12 heteroatoms. The van der Waals surface area contributed by atoms with E-state index in [2.05, 4.69) is 5.32 Å². The van der Waals surface area contributed by atoms with Crippen molar-refractivity contribution < 1.29 is 36.6 Å². The Bertz CT molecular complexity index is 1120. The highest BCUT2D eigenvalue weighted by atomic mass is 35.5. The average molecular weight is 509 g/mol. The van der Waals surface area contributed by atoms with Crippen molar-refractivity contribution in [3.05, 3.63) is 47.5 Å². The molecule has 0 saturated carbocycles. The molecule has 1 atom stereocenters. The molecule has 0 aromatic heterocycles. The van der Waals surface area contributed by atoms with Gasteiger partial charge in [-0.3, -0.25) is 4.79 Å². The van der Waals surface area contributed by atoms with Crippen molar-refractivity contribution in [1.29, 1.82) is 0 Å². The minimum Gasteiger partial charge on any atom is -0.396 e. The van der Waals surface area contributed by atoms with Crippen LogP contribution in [0.4, 0.5) is 24.5 Å². The second-order valence-corrected chi connectivity index (χ2v) is 10.7. The van der Waals surface area contributed by atoms with E-state index in [4.69, 9.17) is 11.6 Å². The summed E-state index contributed by atoms with van der Waals surface area (Å²) >= 11 is 5.98. The van der Waals surface area contributed by atoms with E-state index >= 15 is 0 Å². The summed E-state index contributed by atoms with van der Waals surface area (Å²) in [5.74, 6) is -1.76. The van der Waals surface area contributed by atoms with E-state index in [1.165, 1.54) is 12.1 Å². The molecule has 4 N–H and O–H groups in total. The molecule has 0 bridgehead atoms. The molecule has 0 fully saturated rings. The molecule has 2 aromatic carbocycles. The highest BCUT2D eigenvalue weighted by Gasteiger charge is 2.55. The molecule has 33 heavy (non-hydrogen) atoms. The summed E-state index contributed by atoms with van der Waals surface area (Å²) < 4.78 is 64.2. The fourth-order valence-corrected chi connectivity index (χ4v) is 4.00. The number of sulfone groups is 1. The lowest BCUT2D eigenvalue weighted by Gasteiger charge is -2.25. The predicted octanol–water partition coefficient (Wildman–Crippen LogP) is 3.86. The van der Waals surface area contributed by atoms with Gasteiger partial charge in [0.25, 0.3) is 5.91 Å². The van der Waals surface area contributed by atoms with Gasteiger partial charge in [-0.15, -0.1) is 0 Å². The van der Waals surface area contributed by atoms with Crippen LogP contribution in [0.25, 0.3) is 0 Å². The van der Waals surface area contributed by atoms with Gasteiger partial charge in [-0.25, -0.2) is 8.42 Å². The lowest BCUT2D eigenvalue weighted by molar-refractivity contribution is -0.242. The maximum absolute atomic E-state index is 12.9. The number of rotatable bonds is 8. The topological polar surface area (TPSA) is 116 Å². The van der Waals surface area contributed by atoms with E-state index in [9.17, 15) is 36.6 Å². The van der Waals surface area contributed by atoms with Gasteiger partial charge in [0.15, 0.2) is 0 Å². The fraction of sp³-hybridized carbons (Fsp3) is 0.381. The number of hydrogen-bond donors (Lipinski definition) is 4. The minimum absolute atomic E-state index is 0.0303. The summed E-state index contributed by atoms with van der Waals surface area (Å²) in [6.07, 6.45) is -5.22. The van der Waals surface area contributed by atoms with Crippen LogP contribution in [-0.4, -0.2) is 49.5 Å². The van der Waals surface area contributed by atoms with Gasteiger partial charge in [-0.2, -0.15) is 13.2 Å². The van der Waals surface area contributed by atoms with Crippen LogP contribution >= 0.6 is 11.6 Å². The lowest BCUT2D eigenvalue weighted by atomic mass is 9.95. The number of nitrogens with one attached hydrogen (secondary N) is 2. The van der Waals surface area contributed by atoms with Crippen molar-refractivity contribution in [2.24, 2.45) is 5.41 Å². The molecule has 0 aliphatic heterocycles. The van der Waals surface area contributed by atoms with Crippen molar-refractivity contribution in [2.75, 3.05) is 23.8 Å². The number of anilines is 2. The van der Waals surface area contributed by atoms with E-state index < -0.39 is 27.5 Å². The van der Waals surface area contributed by atoms with Crippen LogP contribution in [0.1, 0.15) is 20.8 Å². The number of carbonyl (C=O) groups excluding carboxylic acids is 1. The van der Waals surface area contributed by atoms with Gasteiger partial charge in [0.05, 0.1) is 20.5 Å². The lowest BCUT2D eigenvalue weighted by Crippen LogP contribution is -2.52. The van der Waals surface area contributed by atoms with Gasteiger partial charge in [0.1, 0.15) is 0 Å². The Morgan fingerprint density at radius 1 is 1.03 bits per heavy atom. The highest BCUT2D eigenvalue weighted by Crippen LogP contribution is 2.33. The quantitative estimate of drug-likeness (QED) is 0.430. The Balaban J connectivity index is 2.22. The van der Waals surface area contributed by atoms with Crippen LogP contribution < -0.4 is 10.6 Å². The van der Waals surface area contributed by atoms with Crippen LogP contribution in [0.2, 0.25) is 5.02 Å². The van der Waals surface area contributed by atoms with E-state index in [0.29, 0.717) is 19.2 Å². The first kappa shape index (κ1) is 26.9. The Kier molecular flexibility index (Phi) is 7.74. The highest BCUT2D eigenvalue weighted by molar-refractivity contribution is 7.91. The van der Waals surface area contributed by atoms with Crippen molar-refractivity contribution >= 4 is 38.7 Å². The average Bonchev–Trinajstić information content (AvgIpc) is 2.73. The first-order valence-electron chi connectivity index (χ1n) is 9.61. The molecule has 0 aliphatic carbocycles. The molecular weight excluding hydrogens is 485 g/mol. The van der Waals surface area contributed by atoms with Gasteiger partial charge in [0.2, 0.25) is 15.4 Å². The number of amides is 1. The van der Waals surface area contributed by atoms with E-state index in [1.54, 1.807) is 12.1 Å². The zero-order chi connectivity index (χ0) is 25.2. The molecule has 2 rings (SSSR count). The number of aliphatic hydroxyl groups is 2. The number of hydrogen-bond acceptors (Lipinski definition) is 6. The van der Waals surface area contributed by atoms with Crippen molar-refractivity contribution in [3.8, 4) is 0 Å². The SMILES string of the molecule is CC(C)(CO)CNc1ccc(S(=O)(=O)c2ccc(NC(=O)[C@@](C)(O)C(F)(F)F)c(Cl)c2)cc1. The van der Waals surface area contributed by atoms with Crippen LogP contribution in [0.15, 0.2) is 52.3 Å². The predicted molar refractivity (Wildman–Crippen MR) is 118 cm³/mol.